The molecule has 0 aliphatic rings. The van der Waals surface area contributed by atoms with Crippen molar-refractivity contribution in [3.05, 3.63) is 49.6 Å². The molecule has 0 saturated heterocycles. The number of halogens is 3. The molecule has 0 spiro atoms. The first kappa shape index (κ1) is 13.8. The Labute approximate surface area is 126 Å². The van der Waals surface area contributed by atoms with Gasteiger partial charge >= 0.3 is 0 Å². The number of hydrogen-bond acceptors (Lipinski definition) is 2. The maximum absolute atomic E-state index is 12.4. The highest BCUT2D eigenvalue weighted by atomic mass is 79.9. The van der Waals surface area contributed by atoms with E-state index in [0.29, 0.717) is 27.3 Å². The monoisotopic (exact) mass is 390 g/mol. The molecule has 0 atom stereocenters. The number of benzene rings is 1. The highest BCUT2D eigenvalue weighted by Crippen LogP contribution is 2.26. The van der Waals surface area contributed by atoms with Crippen molar-refractivity contribution in [2.45, 2.75) is 13.5 Å². The summed E-state index contributed by atoms with van der Waals surface area (Å²) in [5, 5.41) is 4.55. The van der Waals surface area contributed by atoms with Gasteiger partial charge in [0.15, 0.2) is 0 Å². The lowest BCUT2D eigenvalue weighted by Gasteiger charge is -2.06. The van der Waals surface area contributed by atoms with Gasteiger partial charge in [-0.05, 0) is 41.1 Å². The Hall–Kier alpha value is -0.650. The van der Waals surface area contributed by atoms with Crippen LogP contribution in [0.15, 0.2) is 33.3 Å². The van der Waals surface area contributed by atoms with Crippen LogP contribution in [0.4, 0.5) is 0 Å². The predicted molar refractivity (Wildman–Crippen MR) is 78.2 cm³/mol. The minimum atomic E-state index is -0.140. The Kier molecular flexibility index (Phi) is 4.25. The van der Waals surface area contributed by atoms with Gasteiger partial charge in [0, 0.05) is 16.6 Å². The van der Waals surface area contributed by atoms with Gasteiger partial charge in [0.05, 0.1) is 15.7 Å². The molecule has 1 aromatic carbocycles. The van der Waals surface area contributed by atoms with Gasteiger partial charge < -0.3 is 0 Å². The van der Waals surface area contributed by atoms with Crippen LogP contribution in [0.3, 0.4) is 0 Å². The van der Waals surface area contributed by atoms with Gasteiger partial charge in [-0.15, -0.1) is 0 Å². The van der Waals surface area contributed by atoms with Crippen molar-refractivity contribution in [3.63, 3.8) is 0 Å². The smallest absolute Gasteiger partial charge is 0.213 e. The molecule has 94 valence electrons. The van der Waals surface area contributed by atoms with Gasteiger partial charge in [-0.2, -0.15) is 5.10 Å². The Morgan fingerprint density at radius 3 is 2.78 bits per heavy atom. The maximum atomic E-state index is 12.4. The molecular formula is C12H9Br2ClN2O. The molecule has 2 aromatic rings. The molecule has 6 heteroatoms. The van der Waals surface area contributed by atoms with E-state index in [4.69, 9.17) is 11.6 Å². The van der Waals surface area contributed by atoms with E-state index in [2.05, 4.69) is 37.0 Å². The first-order valence-electron chi connectivity index (χ1n) is 5.25. The second-order valence-electron chi connectivity index (χ2n) is 3.61. The first-order chi connectivity index (χ1) is 8.54. The summed E-state index contributed by atoms with van der Waals surface area (Å²) in [5.74, 6) is -0.140. The van der Waals surface area contributed by atoms with Crippen LogP contribution in [0, 0.1) is 0 Å². The van der Waals surface area contributed by atoms with Crippen molar-refractivity contribution in [3.8, 4) is 0 Å². The van der Waals surface area contributed by atoms with Crippen LogP contribution in [0.25, 0.3) is 0 Å². The molecule has 0 saturated carbocycles. The Morgan fingerprint density at radius 1 is 1.44 bits per heavy atom. The van der Waals surface area contributed by atoms with E-state index < -0.39 is 0 Å². The molecule has 3 nitrogen and oxygen atoms in total. The van der Waals surface area contributed by atoms with E-state index in [0.717, 1.165) is 4.47 Å². The van der Waals surface area contributed by atoms with Crippen LogP contribution in [-0.2, 0) is 6.54 Å². The summed E-state index contributed by atoms with van der Waals surface area (Å²) >= 11 is 12.7. The number of carbonyl (C=O) groups excluding carboxylic acids is 1. The molecule has 0 N–H and O–H groups in total. The van der Waals surface area contributed by atoms with Crippen molar-refractivity contribution in [1.82, 2.24) is 9.78 Å². The van der Waals surface area contributed by atoms with Gasteiger partial charge in [-0.1, -0.05) is 27.5 Å². The van der Waals surface area contributed by atoms with E-state index >= 15 is 0 Å². The molecule has 1 heterocycles. The average Bonchev–Trinajstić information content (AvgIpc) is 2.69. The largest absolute Gasteiger partial charge is 0.287 e. The van der Waals surface area contributed by atoms with E-state index in [1.807, 2.05) is 6.92 Å². The van der Waals surface area contributed by atoms with E-state index in [1.165, 1.54) is 0 Å². The fourth-order valence-electron chi connectivity index (χ4n) is 1.63. The molecule has 18 heavy (non-hydrogen) atoms. The lowest BCUT2D eigenvalue weighted by Crippen LogP contribution is -2.11. The Morgan fingerprint density at radius 2 is 2.17 bits per heavy atom. The fourth-order valence-corrected chi connectivity index (χ4v) is 2.86. The molecule has 0 unspecified atom stereocenters. The van der Waals surface area contributed by atoms with E-state index in [1.54, 1.807) is 29.1 Å². The van der Waals surface area contributed by atoms with Crippen molar-refractivity contribution >= 4 is 49.2 Å². The van der Waals surface area contributed by atoms with Crippen molar-refractivity contribution < 1.29 is 4.79 Å². The topological polar surface area (TPSA) is 34.9 Å². The van der Waals surface area contributed by atoms with Crippen LogP contribution in [0.1, 0.15) is 23.0 Å². The lowest BCUT2D eigenvalue weighted by molar-refractivity contribution is 0.102. The number of carbonyl (C=O) groups is 1. The zero-order chi connectivity index (χ0) is 13.3. The molecule has 0 aliphatic heterocycles. The van der Waals surface area contributed by atoms with Gasteiger partial charge in [0.1, 0.15) is 5.69 Å². The maximum Gasteiger partial charge on any atom is 0.213 e. The minimum absolute atomic E-state index is 0.140. The second-order valence-corrected chi connectivity index (χ2v) is 5.79. The molecule has 0 fully saturated rings. The van der Waals surface area contributed by atoms with Gasteiger partial charge in [-0.25, -0.2) is 0 Å². The van der Waals surface area contributed by atoms with Crippen LogP contribution < -0.4 is 0 Å². The fraction of sp³-hybridized carbons (Fsp3) is 0.167. The highest BCUT2D eigenvalue weighted by Gasteiger charge is 2.20. The summed E-state index contributed by atoms with van der Waals surface area (Å²) in [6.45, 7) is 2.56. The molecule has 2 rings (SSSR count). The number of ketones is 1. The third-order valence-corrected chi connectivity index (χ3v) is 3.87. The van der Waals surface area contributed by atoms with Crippen molar-refractivity contribution in [2.75, 3.05) is 0 Å². The first-order valence-corrected chi connectivity index (χ1v) is 7.22. The van der Waals surface area contributed by atoms with Crippen LogP contribution in [0.2, 0.25) is 5.02 Å². The molecular weight excluding hydrogens is 383 g/mol. The highest BCUT2D eigenvalue weighted by molar-refractivity contribution is 9.10. The Balaban J connectivity index is 2.51. The number of aryl methyl sites for hydroxylation is 1. The standard InChI is InChI=1S/C12H9Br2ClN2O/c1-2-17-11(9(14)6-16-17)12(18)8-4-3-7(13)5-10(8)15/h3-6H,2H2,1H3. The summed E-state index contributed by atoms with van der Waals surface area (Å²) in [7, 11) is 0. The van der Waals surface area contributed by atoms with Crippen LogP contribution in [-0.4, -0.2) is 15.6 Å². The quantitative estimate of drug-likeness (QED) is 0.730. The molecule has 0 aliphatic carbocycles. The third-order valence-electron chi connectivity index (χ3n) is 2.49. The Bertz CT molecular complexity index is 610. The van der Waals surface area contributed by atoms with Crippen molar-refractivity contribution in [2.24, 2.45) is 0 Å². The molecule has 0 bridgehead atoms. The SMILES string of the molecule is CCn1ncc(Br)c1C(=O)c1ccc(Br)cc1Cl. The molecule has 1 aromatic heterocycles. The molecule has 0 amide bonds. The lowest BCUT2D eigenvalue weighted by atomic mass is 10.1. The van der Waals surface area contributed by atoms with E-state index in [-0.39, 0.29) is 5.78 Å². The number of aromatic nitrogens is 2. The number of hydrogen-bond donors (Lipinski definition) is 0. The van der Waals surface area contributed by atoms with Gasteiger partial charge in [0.2, 0.25) is 5.78 Å². The zero-order valence-electron chi connectivity index (χ0n) is 9.45. The normalized spacial score (nSPS) is 10.7. The number of nitrogens with zero attached hydrogens (tertiary/aromatic N) is 2. The summed E-state index contributed by atoms with van der Waals surface area (Å²) < 4.78 is 3.16. The second kappa shape index (κ2) is 5.55. The van der Waals surface area contributed by atoms with Crippen LogP contribution in [0.5, 0.6) is 0 Å². The predicted octanol–water partition coefficient (Wildman–Crippen LogP) is 4.31. The average molecular weight is 392 g/mol. The van der Waals surface area contributed by atoms with Gasteiger partial charge in [-0.3, -0.25) is 9.48 Å². The summed E-state index contributed by atoms with van der Waals surface area (Å²) in [6, 6.07) is 5.20. The number of rotatable bonds is 3. The summed E-state index contributed by atoms with van der Waals surface area (Å²) in [6.07, 6.45) is 1.61. The third kappa shape index (κ3) is 2.53. The summed E-state index contributed by atoms with van der Waals surface area (Å²) in [5.41, 5.74) is 0.984. The van der Waals surface area contributed by atoms with Crippen molar-refractivity contribution in [1.29, 1.82) is 0 Å². The van der Waals surface area contributed by atoms with Crippen LogP contribution >= 0.6 is 43.5 Å². The molecule has 0 radical (unpaired) electrons. The zero-order valence-corrected chi connectivity index (χ0v) is 13.4. The van der Waals surface area contributed by atoms with E-state index in [9.17, 15) is 4.79 Å². The van der Waals surface area contributed by atoms with Gasteiger partial charge in [0.25, 0.3) is 0 Å². The minimum Gasteiger partial charge on any atom is -0.287 e. The summed E-state index contributed by atoms with van der Waals surface area (Å²) in [4.78, 5) is 12.4.